The van der Waals surface area contributed by atoms with Gasteiger partial charge in [-0.1, -0.05) is 12.1 Å². The van der Waals surface area contributed by atoms with Crippen LogP contribution in [0.15, 0.2) is 24.3 Å². The zero-order valence-corrected chi connectivity index (χ0v) is 21.5. The van der Waals surface area contributed by atoms with Gasteiger partial charge < -0.3 is 39.0 Å². The van der Waals surface area contributed by atoms with Crippen LogP contribution in [-0.2, 0) is 20.6 Å². The van der Waals surface area contributed by atoms with Crippen molar-refractivity contribution >= 4 is 6.16 Å². The summed E-state index contributed by atoms with van der Waals surface area (Å²) in [6.45, 7) is 4.36. The van der Waals surface area contributed by atoms with E-state index in [0.717, 1.165) is 4.68 Å². The van der Waals surface area contributed by atoms with E-state index in [0.29, 0.717) is 11.3 Å². The molecule has 0 saturated carbocycles. The van der Waals surface area contributed by atoms with Crippen molar-refractivity contribution in [2.75, 3.05) is 13.2 Å². The zero-order chi connectivity index (χ0) is 31.6. The number of hydrogen-bond donors (Lipinski definition) is 3. The maximum absolute atomic E-state index is 11.6. The first-order valence-corrected chi connectivity index (χ1v) is 11.9. The monoisotopic (exact) mass is 527 g/mol. The van der Waals surface area contributed by atoms with Gasteiger partial charge in [-0.3, -0.25) is 4.68 Å². The lowest BCUT2D eigenvalue weighted by molar-refractivity contribution is -0.278. The minimum Gasteiger partial charge on any atom is -0.491 e. The highest BCUT2D eigenvalue weighted by Crippen LogP contribution is 2.31. The fourth-order valence-corrected chi connectivity index (χ4v) is 3.69. The number of ether oxygens (including phenoxy) is 5. The number of rotatable bonds is 10. The van der Waals surface area contributed by atoms with Gasteiger partial charge in [0.25, 0.3) is 0 Å². The van der Waals surface area contributed by atoms with Crippen LogP contribution in [0.4, 0.5) is 4.79 Å². The summed E-state index contributed by atoms with van der Waals surface area (Å²) < 4.78 is 68.6. The largest absolute Gasteiger partial charge is 0.508 e. The molecular formula is C26H38N2O9. The fraction of sp³-hybridized carbons (Fsp3) is 0.615. The Morgan fingerprint density at radius 1 is 1.14 bits per heavy atom. The molecule has 2 heterocycles. The van der Waals surface area contributed by atoms with Crippen molar-refractivity contribution in [1.82, 2.24) is 9.78 Å². The Bertz CT molecular complexity index is 1210. The Labute approximate surface area is 223 Å². The molecule has 1 saturated heterocycles. The Morgan fingerprint density at radius 3 is 2.43 bits per heavy atom. The molecular weight excluding hydrogens is 484 g/mol. The van der Waals surface area contributed by atoms with Crippen LogP contribution in [0.3, 0.4) is 0 Å². The average molecular weight is 528 g/mol. The molecule has 1 fully saturated rings. The molecule has 1 aromatic carbocycles. The van der Waals surface area contributed by atoms with Crippen LogP contribution in [0.1, 0.15) is 64.3 Å². The second kappa shape index (κ2) is 12.6. The van der Waals surface area contributed by atoms with E-state index in [2.05, 4.69) is 9.84 Å². The van der Waals surface area contributed by atoms with Crippen molar-refractivity contribution in [2.24, 2.45) is 0 Å². The first-order chi connectivity index (χ1) is 19.3. The highest BCUT2D eigenvalue weighted by Gasteiger charge is 2.46. The Morgan fingerprint density at radius 2 is 1.84 bits per heavy atom. The summed E-state index contributed by atoms with van der Waals surface area (Å²) in [6.07, 6.45) is -10.5. The Kier molecular flexibility index (Phi) is 7.54. The SMILES string of the molecule is [2H]C(C)(C)Oc1ccc(Cc2c(O[C@@H]3O[C@H](COC(=O)OCC)[C@@H](O)[C@H](O)[C@H]3O)nn(C([2H])(C)C)c2C([2H])([2H])[2H])cc1. The van der Waals surface area contributed by atoms with Crippen molar-refractivity contribution in [3.8, 4) is 11.6 Å². The third-order valence-electron chi connectivity index (χ3n) is 5.52. The first kappa shape index (κ1) is 22.2. The number of hydrogen-bond acceptors (Lipinski definition) is 10. The van der Waals surface area contributed by atoms with Crippen molar-refractivity contribution < 1.29 is 50.7 Å². The number of aliphatic hydroxyl groups is 3. The van der Waals surface area contributed by atoms with Gasteiger partial charge in [0.05, 0.1) is 15.4 Å². The van der Waals surface area contributed by atoms with E-state index < -0.39 is 62.4 Å². The molecule has 11 heteroatoms. The zero-order valence-electron chi connectivity index (χ0n) is 26.5. The molecule has 206 valence electrons. The third-order valence-corrected chi connectivity index (χ3v) is 5.52. The van der Waals surface area contributed by atoms with Crippen LogP contribution >= 0.6 is 0 Å². The van der Waals surface area contributed by atoms with E-state index in [4.69, 9.17) is 25.8 Å². The van der Waals surface area contributed by atoms with Gasteiger partial charge in [-0.05, 0) is 59.2 Å². The van der Waals surface area contributed by atoms with Crippen LogP contribution < -0.4 is 9.47 Å². The van der Waals surface area contributed by atoms with Gasteiger partial charge in [-0.25, -0.2) is 4.79 Å². The molecule has 5 atom stereocenters. The van der Waals surface area contributed by atoms with Crippen molar-refractivity contribution in [3.05, 3.63) is 41.1 Å². The van der Waals surface area contributed by atoms with E-state index in [1.807, 2.05) is 0 Å². The maximum Gasteiger partial charge on any atom is 0.508 e. The van der Waals surface area contributed by atoms with E-state index in [1.54, 1.807) is 45.0 Å². The van der Waals surface area contributed by atoms with E-state index in [9.17, 15) is 20.1 Å². The Balaban J connectivity index is 1.99. The molecule has 0 radical (unpaired) electrons. The lowest BCUT2D eigenvalue weighted by atomic mass is 9.99. The molecule has 0 aliphatic carbocycles. The third kappa shape index (κ3) is 7.13. The van der Waals surface area contributed by atoms with Gasteiger partial charge in [0.1, 0.15) is 36.8 Å². The van der Waals surface area contributed by atoms with Crippen LogP contribution in [-0.4, -0.2) is 81.3 Å². The molecule has 1 aliphatic rings. The van der Waals surface area contributed by atoms with Crippen LogP contribution in [0.2, 0.25) is 0 Å². The second-order valence-electron chi connectivity index (χ2n) is 8.95. The minimum absolute atomic E-state index is 0.0346. The highest BCUT2D eigenvalue weighted by atomic mass is 16.7. The number of aromatic nitrogens is 2. The summed E-state index contributed by atoms with van der Waals surface area (Å²) in [4.78, 5) is 11.6. The predicted octanol–water partition coefficient (Wildman–Crippen LogP) is 2.51. The minimum atomic E-state index is -2.74. The summed E-state index contributed by atoms with van der Waals surface area (Å²) in [6, 6.07) is 5.05. The quantitative estimate of drug-likeness (QED) is 0.395. The normalized spacial score (nSPS) is 26.7. The van der Waals surface area contributed by atoms with Gasteiger partial charge in [0.2, 0.25) is 12.2 Å². The van der Waals surface area contributed by atoms with Crippen molar-refractivity contribution in [3.63, 3.8) is 0 Å². The maximum atomic E-state index is 11.6. The first-order valence-electron chi connectivity index (χ1n) is 14.4. The number of aliphatic hydroxyl groups excluding tert-OH is 3. The number of carbonyl (C=O) groups is 1. The van der Waals surface area contributed by atoms with Crippen molar-refractivity contribution in [2.45, 2.75) is 90.7 Å². The molecule has 0 unspecified atom stereocenters. The summed E-state index contributed by atoms with van der Waals surface area (Å²) in [5.74, 6) is 0.142. The van der Waals surface area contributed by atoms with E-state index in [1.165, 1.54) is 13.8 Å². The summed E-state index contributed by atoms with van der Waals surface area (Å²) in [5.41, 5.74) is 0.405. The average Bonchev–Trinajstić information content (AvgIpc) is 3.23. The van der Waals surface area contributed by atoms with Gasteiger partial charge in [0, 0.05) is 27.8 Å². The molecule has 1 aliphatic heterocycles. The predicted molar refractivity (Wildman–Crippen MR) is 133 cm³/mol. The molecule has 37 heavy (non-hydrogen) atoms. The van der Waals surface area contributed by atoms with Gasteiger partial charge in [-0.15, -0.1) is 5.10 Å². The fourth-order valence-electron chi connectivity index (χ4n) is 3.69. The summed E-state index contributed by atoms with van der Waals surface area (Å²) in [5, 5.41) is 35.7. The number of carbonyl (C=O) groups excluding carboxylic acids is 1. The lowest BCUT2D eigenvalue weighted by Crippen LogP contribution is -2.60. The van der Waals surface area contributed by atoms with E-state index in [-0.39, 0.29) is 30.2 Å². The number of nitrogens with zero attached hydrogens (tertiary/aromatic N) is 2. The standard InChI is InChI=1S/C26H38N2O9/c1-7-33-26(32)34-13-20-21(29)22(30)23(31)25(36-20)37-24-19(16(6)28(27-24)14(2)3)12-17-8-10-18(11-9-17)35-15(4)5/h8-11,14-15,20-23,25,29-31H,7,12-13H2,1-6H3/t20-,21-,22+,23-,25+/m1/s1/i6D3,14D,15D. The molecule has 3 rings (SSSR count). The summed E-state index contributed by atoms with van der Waals surface area (Å²) >= 11 is 0. The van der Waals surface area contributed by atoms with Crippen molar-refractivity contribution in [1.29, 1.82) is 0 Å². The molecule has 1 aromatic heterocycles. The molecule has 2 aromatic rings. The van der Waals surface area contributed by atoms with Crippen LogP contribution in [0, 0.1) is 6.85 Å². The Hall–Kier alpha value is -2.86. The van der Waals surface area contributed by atoms with Crippen LogP contribution in [0.25, 0.3) is 0 Å². The van der Waals surface area contributed by atoms with Crippen LogP contribution in [0.5, 0.6) is 11.6 Å². The van der Waals surface area contributed by atoms with E-state index >= 15 is 0 Å². The molecule has 0 amide bonds. The highest BCUT2D eigenvalue weighted by molar-refractivity contribution is 5.59. The van der Waals surface area contributed by atoms with Gasteiger partial charge in [0.15, 0.2) is 0 Å². The lowest BCUT2D eigenvalue weighted by Gasteiger charge is -2.39. The van der Waals surface area contributed by atoms with Gasteiger partial charge in [-0.2, -0.15) is 0 Å². The molecule has 0 spiro atoms. The molecule has 11 nitrogen and oxygen atoms in total. The topological polar surface area (TPSA) is 142 Å². The van der Waals surface area contributed by atoms with Gasteiger partial charge >= 0.3 is 6.16 Å². The second-order valence-corrected chi connectivity index (χ2v) is 8.95. The smallest absolute Gasteiger partial charge is 0.491 e. The molecule has 3 N–H and O–H groups in total. The number of benzene rings is 1. The molecule has 0 bridgehead atoms. The summed E-state index contributed by atoms with van der Waals surface area (Å²) in [7, 11) is 0.